The lowest BCUT2D eigenvalue weighted by Crippen LogP contribution is -2.47. The van der Waals surface area contributed by atoms with Crippen molar-refractivity contribution >= 4 is 19.7 Å². The number of allylic oxidation sites excluding steroid dienone is 15. The first kappa shape index (κ1) is 89.9. The van der Waals surface area contributed by atoms with Crippen LogP contribution in [0.15, 0.2) is 97.2 Å². The van der Waals surface area contributed by atoms with Gasteiger partial charge in [0.2, 0.25) is 5.91 Å². The minimum Gasteiger partial charge on any atom is -0.756 e. The molecule has 0 aliphatic rings. The van der Waals surface area contributed by atoms with Crippen molar-refractivity contribution in [3.63, 3.8) is 0 Å². The smallest absolute Gasteiger partial charge is 0.306 e. The van der Waals surface area contributed by atoms with E-state index in [4.69, 9.17) is 13.8 Å². The summed E-state index contributed by atoms with van der Waals surface area (Å²) in [6, 6.07) is -0.899. The number of amides is 1. The molecular formula is C83H151N2O7P. The van der Waals surface area contributed by atoms with Crippen LogP contribution in [0.3, 0.4) is 0 Å². The van der Waals surface area contributed by atoms with E-state index in [9.17, 15) is 19.0 Å². The fourth-order valence-corrected chi connectivity index (χ4v) is 12.2. The van der Waals surface area contributed by atoms with Crippen molar-refractivity contribution < 1.29 is 37.3 Å². The molecule has 0 saturated heterocycles. The van der Waals surface area contributed by atoms with E-state index in [1.807, 2.05) is 33.3 Å². The van der Waals surface area contributed by atoms with Crippen LogP contribution in [-0.2, 0) is 27.9 Å². The van der Waals surface area contributed by atoms with Crippen molar-refractivity contribution in [1.29, 1.82) is 0 Å². The number of nitrogens with one attached hydrogen (secondary N) is 1. The number of unbranched alkanes of at least 4 members (excludes halogenated alkanes) is 42. The molecule has 3 atom stereocenters. The van der Waals surface area contributed by atoms with Crippen LogP contribution in [-0.4, -0.2) is 69.4 Å². The minimum absolute atomic E-state index is 0.0264. The number of quaternary nitrogens is 1. The highest BCUT2D eigenvalue weighted by Crippen LogP contribution is 2.38. The number of hydrogen-bond acceptors (Lipinski definition) is 7. The maximum absolute atomic E-state index is 13.7. The normalized spacial score (nSPS) is 13.9. The fourth-order valence-electron chi connectivity index (χ4n) is 11.5. The first-order valence-electron chi connectivity index (χ1n) is 39.5. The highest BCUT2D eigenvalue weighted by atomic mass is 31.2. The van der Waals surface area contributed by atoms with Crippen molar-refractivity contribution in [3.8, 4) is 0 Å². The summed E-state index contributed by atoms with van der Waals surface area (Å²) in [4.78, 5) is 40.4. The van der Waals surface area contributed by atoms with E-state index < -0.39 is 26.6 Å². The largest absolute Gasteiger partial charge is 0.756 e. The van der Waals surface area contributed by atoms with Gasteiger partial charge in [0.25, 0.3) is 7.82 Å². The number of phosphoric acid groups is 1. The Balaban J connectivity index is 4.99. The lowest BCUT2D eigenvalue weighted by atomic mass is 10.0. The average molecular weight is 1320 g/mol. The third-order valence-corrected chi connectivity index (χ3v) is 18.5. The van der Waals surface area contributed by atoms with Crippen LogP contribution in [0.4, 0.5) is 0 Å². The Kier molecular flexibility index (Phi) is 69.3. The zero-order valence-electron chi connectivity index (χ0n) is 61.9. The first-order valence-corrected chi connectivity index (χ1v) is 41.0. The molecule has 1 N–H and O–H groups in total. The first-order chi connectivity index (χ1) is 45.4. The number of carbonyl (C=O) groups excluding carboxylic acids is 2. The summed E-state index contributed by atoms with van der Waals surface area (Å²) in [6.07, 6.45) is 98.3. The molecule has 10 heteroatoms. The third kappa shape index (κ3) is 73.0. The number of hydrogen-bond donors (Lipinski definition) is 1. The number of carbonyl (C=O) groups is 2. The molecule has 0 heterocycles. The standard InChI is InChI=1S/C83H151N2O7P/c1-7-10-13-16-19-22-25-28-30-32-34-36-38-40-42-44-46-48-50-52-54-57-60-63-66-69-72-75-82(86)84-80(79-91-93(88,89)90-78-77-85(4,5)6)81(74-71-68-65-62-59-56-27-24-21-18-15-12-9-3)92-83(87)76-73-70-67-64-61-58-55-53-51-49-47-45-43-41-39-37-35-33-31-29-26-23-20-17-14-11-8-2/h10,13,19,22,28-31,34,36,40,42,46,48,71,74,80-81H,7-9,11-12,14-18,20-21,23-27,32-33,35,37-39,41,43-45,47,49-70,72-73,75-79H2,1-6H3,(H-,84,86,88,89)/b13-10-,22-19-,30-28-,31-29+,36-34-,42-40-,48-46-,74-71+. The molecular weight excluding hydrogens is 1170 g/mol. The van der Waals surface area contributed by atoms with E-state index in [1.54, 1.807) is 0 Å². The van der Waals surface area contributed by atoms with Crippen LogP contribution >= 0.6 is 7.82 Å². The molecule has 0 fully saturated rings. The van der Waals surface area contributed by atoms with Gasteiger partial charge in [0.15, 0.2) is 0 Å². The van der Waals surface area contributed by atoms with Crippen LogP contribution in [0, 0.1) is 0 Å². The van der Waals surface area contributed by atoms with Crippen molar-refractivity contribution in [2.75, 3.05) is 40.9 Å². The van der Waals surface area contributed by atoms with Gasteiger partial charge in [-0.25, -0.2) is 0 Å². The van der Waals surface area contributed by atoms with E-state index in [0.29, 0.717) is 17.4 Å². The summed E-state index contributed by atoms with van der Waals surface area (Å²) >= 11 is 0. The van der Waals surface area contributed by atoms with Gasteiger partial charge >= 0.3 is 5.97 Å². The Bertz CT molecular complexity index is 1910. The second kappa shape index (κ2) is 71.7. The fraction of sp³-hybridized carbons (Fsp3) is 0.783. The molecule has 1 amide bonds. The lowest BCUT2D eigenvalue weighted by molar-refractivity contribution is -0.870. The van der Waals surface area contributed by atoms with Gasteiger partial charge in [-0.3, -0.25) is 14.2 Å². The molecule has 93 heavy (non-hydrogen) atoms. The monoisotopic (exact) mass is 1320 g/mol. The SMILES string of the molecule is CC/C=C\C/C=C\C/C=C\C/C=C\C/C=C\C/C=C\CCCCCCCCCCC(=O)NC(COP(=O)([O-])OCC[N+](C)(C)C)C(/C=C/CCCCCCCCCCCCC)OC(=O)CCCCCCCCCCCCCCCCCCC/C=C/CCCCCCCC. The van der Waals surface area contributed by atoms with Crippen LogP contribution in [0.1, 0.15) is 367 Å². The molecule has 0 aromatic rings. The molecule has 0 aromatic carbocycles. The molecule has 0 aromatic heterocycles. The number of likely N-dealkylation sites (N-methyl/N-ethyl adjacent to an activating group) is 1. The molecule has 0 radical (unpaired) electrons. The third-order valence-electron chi connectivity index (χ3n) is 17.5. The molecule has 9 nitrogen and oxygen atoms in total. The average Bonchev–Trinajstić information content (AvgIpc) is 2.31. The quantitative estimate of drug-likeness (QED) is 0.0212. The molecule has 0 aliphatic heterocycles. The molecule has 0 aliphatic carbocycles. The van der Waals surface area contributed by atoms with Gasteiger partial charge in [0.1, 0.15) is 19.3 Å². The number of esters is 1. The van der Waals surface area contributed by atoms with Crippen molar-refractivity contribution in [1.82, 2.24) is 5.32 Å². The number of phosphoric ester groups is 1. The summed E-state index contributed by atoms with van der Waals surface area (Å²) < 4.78 is 30.6. The van der Waals surface area contributed by atoms with Crippen LogP contribution in [0.5, 0.6) is 0 Å². The Labute approximate surface area is 577 Å². The second-order valence-corrected chi connectivity index (χ2v) is 29.2. The second-order valence-electron chi connectivity index (χ2n) is 27.8. The summed E-state index contributed by atoms with van der Waals surface area (Å²) in [5.41, 5.74) is 0. The zero-order valence-corrected chi connectivity index (χ0v) is 62.8. The summed E-state index contributed by atoms with van der Waals surface area (Å²) in [6.45, 7) is 6.77. The van der Waals surface area contributed by atoms with Gasteiger partial charge < -0.3 is 28.5 Å². The van der Waals surface area contributed by atoms with Crippen molar-refractivity contribution in [3.05, 3.63) is 97.2 Å². The number of rotatable bonds is 72. The molecule has 3 unspecified atom stereocenters. The summed E-state index contributed by atoms with van der Waals surface area (Å²) in [5, 5.41) is 3.05. The van der Waals surface area contributed by atoms with Gasteiger partial charge in [-0.2, -0.15) is 0 Å². The topological polar surface area (TPSA) is 114 Å². The molecule has 540 valence electrons. The Morgan fingerprint density at radius 1 is 0.387 bits per heavy atom. The summed E-state index contributed by atoms with van der Waals surface area (Å²) in [7, 11) is 1.18. The van der Waals surface area contributed by atoms with E-state index >= 15 is 0 Å². The Morgan fingerprint density at radius 2 is 0.688 bits per heavy atom. The van der Waals surface area contributed by atoms with Gasteiger partial charge in [0, 0.05) is 12.8 Å². The van der Waals surface area contributed by atoms with E-state index in [2.05, 4.69) is 111 Å². The zero-order chi connectivity index (χ0) is 67.8. The predicted molar refractivity (Wildman–Crippen MR) is 404 cm³/mol. The van der Waals surface area contributed by atoms with Crippen molar-refractivity contribution in [2.45, 2.75) is 380 Å². The van der Waals surface area contributed by atoms with Crippen LogP contribution < -0.4 is 10.2 Å². The highest BCUT2D eigenvalue weighted by molar-refractivity contribution is 7.45. The number of nitrogens with zero attached hydrogens (tertiary/aromatic N) is 1. The van der Waals surface area contributed by atoms with Gasteiger partial charge in [-0.1, -0.05) is 343 Å². The maximum atomic E-state index is 13.7. The number of ether oxygens (including phenoxy) is 1. The predicted octanol–water partition coefficient (Wildman–Crippen LogP) is 25.2. The van der Waals surface area contributed by atoms with E-state index in [1.165, 1.54) is 225 Å². The maximum Gasteiger partial charge on any atom is 0.306 e. The molecule has 0 spiro atoms. The highest BCUT2D eigenvalue weighted by Gasteiger charge is 2.27. The van der Waals surface area contributed by atoms with Crippen LogP contribution in [0.25, 0.3) is 0 Å². The van der Waals surface area contributed by atoms with Crippen molar-refractivity contribution in [2.24, 2.45) is 0 Å². The Morgan fingerprint density at radius 3 is 1.04 bits per heavy atom. The van der Waals surface area contributed by atoms with E-state index in [-0.39, 0.29) is 24.9 Å². The van der Waals surface area contributed by atoms with Gasteiger partial charge in [0.05, 0.1) is 33.8 Å². The molecule has 0 bridgehead atoms. The molecule has 0 saturated carbocycles. The van der Waals surface area contributed by atoms with E-state index in [0.717, 1.165) is 109 Å². The minimum atomic E-state index is -4.72. The lowest BCUT2D eigenvalue weighted by Gasteiger charge is -2.30. The molecule has 0 rings (SSSR count). The van der Waals surface area contributed by atoms with Gasteiger partial charge in [-0.05, 0) is 109 Å². The van der Waals surface area contributed by atoms with Gasteiger partial charge in [-0.15, -0.1) is 0 Å². The summed E-state index contributed by atoms with van der Waals surface area (Å²) in [5.74, 6) is -0.539. The Hall–Kier alpha value is -3.07. The van der Waals surface area contributed by atoms with Crippen LogP contribution in [0.2, 0.25) is 0 Å².